The van der Waals surface area contributed by atoms with Crippen LogP contribution in [0, 0.1) is 0 Å². The van der Waals surface area contributed by atoms with Gasteiger partial charge in [-0.05, 0) is 29.8 Å². The summed E-state index contributed by atoms with van der Waals surface area (Å²) in [4.78, 5) is 15.8. The van der Waals surface area contributed by atoms with E-state index in [0.717, 1.165) is 5.56 Å². The van der Waals surface area contributed by atoms with Gasteiger partial charge in [0.15, 0.2) is 5.78 Å². The van der Waals surface area contributed by atoms with Gasteiger partial charge in [0.1, 0.15) is 5.82 Å². The van der Waals surface area contributed by atoms with Crippen LogP contribution in [0.2, 0.25) is 0 Å². The minimum Gasteiger partial charge on any atom is -0.399 e. The number of hydrogen-bond acceptors (Lipinski definition) is 4. The molecule has 0 bridgehead atoms. The molecule has 4 heteroatoms. The molecule has 17 heavy (non-hydrogen) atoms. The zero-order valence-electron chi connectivity index (χ0n) is 9.26. The summed E-state index contributed by atoms with van der Waals surface area (Å²) in [5.74, 6) is 0.436. The summed E-state index contributed by atoms with van der Waals surface area (Å²) in [6.07, 6.45) is 1.90. The summed E-state index contributed by atoms with van der Waals surface area (Å²) in [6.45, 7) is 0. The summed E-state index contributed by atoms with van der Waals surface area (Å²) in [7, 11) is 0. The van der Waals surface area contributed by atoms with Gasteiger partial charge in [-0.2, -0.15) is 0 Å². The Balaban J connectivity index is 2.17. The Bertz CT molecular complexity index is 552. The topological polar surface area (TPSA) is 82.0 Å². The van der Waals surface area contributed by atoms with Crippen molar-refractivity contribution in [3.8, 4) is 0 Å². The van der Waals surface area contributed by atoms with Gasteiger partial charge >= 0.3 is 0 Å². The van der Waals surface area contributed by atoms with Gasteiger partial charge in [-0.3, -0.25) is 4.79 Å². The zero-order chi connectivity index (χ0) is 12.3. The summed E-state index contributed by atoms with van der Waals surface area (Å²) in [6, 6.07) is 10.4. The number of rotatable bonds is 3. The van der Waals surface area contributed by atoms with Gasteiger partial charge in [-0.25, -0.2) is 4.98 Å². The Morgan fingerprint density at radius 1 is 1.18 bits per heavy atom. The molecule has 0 unspecified atom stereocenters. The molecule has 0 spiro atoms. The smallest absolute Gasteiger partial charge is 0.167 e. The molecule has 4 N–H and O–H groups in total. The summed E-state index contributed by atoms with van der Waals surface area (Å²) in [5.41, 5.74) is 13.2. The SMILES string of the molecule is Nc1cccc(C(=O)Cc2ccnc(N)c2)c1. The molecule has 0 saturated carbocycles. The Kier molecular flexibility index (Phi) is 3.05. The maximum absolute atomic E-state index is 12.0. The first-order chi connectivity index (χ1) is 8.15. The molecule has 0 radical (unpaired) electrons. The van der Waals surface area contributed by atoms with E-state index in [1.54, 1.807) is 42.6 Å². The van der Waals surface area contributed by atoms with Gasteiger partial charge in [0.05, 0.1) is 0 Å². The first-order valence-corrected chi connectivity index (χ1v) is 5.24. The number of nitrogen functional groups attached to an aromatic ring is 2. The molecule has 0 atom stereocenters. The van der Waals surface area contributed by atoms with Crippen molar-refractivity contribution in [1.82, 2.24) is 4.98 Å². The predicted molar refractivity (Wildman–Crippen MR) is 67.5 cm³/mol. The van der Waals surface area contributed by atoms with E-state index in [2.05, 4.69) is 4.98 Å². The Labute approximate surface area is 99.3 Å². The Hall–Kier alpha value is -2.36. The molecule has 2 aromatic rings. The third kappa shape index (κ3) is 2.81. The van der Waals surface area contributed by atoms with Gasteiger partial charge in [0.25, 0.3) is 0 Å². The van der Waals surface area contributed by atoms with Crippen LogP contribution in [0.15, 0.2) is 42.6 Å². The van der Waals surface area contributed by atoms with Crippen molar-refractivity contribution >= 4 is 17.3 Å². The van der Waals surface area contributed by atoms with Crippen molar-refractivity contribution in [1.29, 1.82) is 0 Å². The van der Waals surface area contributed by atoms with E-state index in [9.17, 15) is 4.79 Å². The fourth-order valence-corrected chi connectivity index (χ4v) is 1.60. The van der Waals surface area contributed by atoms with E-state index >= 15 is 0 Å². The van der Waals surface area contributed by atoms with Crippen LogP contribution in [0.1, 0.15) is 15.9 Å². The van der Waals surface area contributed by atoms with Crippen molar-refractivity contribution in [2.75, 3.05) is 11.5 Å². The van der Waals surface area contributed by atoms with Crippen LogP contribution in [0.3, 0.4) is 0 Å². The number of hydrogen-bond donors (Lipinski definition) is 2. The number of pyridine rings is 1. The molecule has 1 aromatic heterocycles. The van der Waals surface area contributed by atoms with Crippen molar-refractivity contribution in [3.05, 3.63) is 53.7 Å². The van der Waals surface area contributed by atoms with Gasteiger partial charge < -0.3 is 11.5 Å². The normalized spacial score (nSPS) is 10.1. The van der Waals surface area contributed by atoms with E-state index in [1.165, 1.54) is 0 Å². The van der Waals surface area contributed by atoms with Crippen LogP contribution in [-0.4, -0.2) is 10.8 Å². The number of aromatic nitrogens is 1. The summed E-state index contributed by atoms with van der Waals surface area (Å²) < 4.78 is 0. The molecule has 0 saturated heterocycles. The molecule has 1 aromatic carbocycles. The van der Waals surface area contributed by atoms with E-state index in [1.807, 2.05) is 0 Å². The average Bonchev–Trinajstić information content (AvgIpc) is 2.29. The lowest BCUT2D eigenvalue weighted by Gasteiger charge is -2.03. The lowest BCUT2D eigenvalue weighted by molar-refractivity contribution is 0.0993. The molecule has 0 aliphatic carbocycles. The molecular weight excluding hydrogens is 214 g/mol. The first kappa shape index (κ1) is 11.1. The molecule has 0 fully saturated rings. The largest absolute Gasteiger partial charge is 0.399 e. The molecule has 1 heterocycles. The number of ketones is 1. The number of anilines is 2. The number of carbonyl (C=O) groups is 1. The second kappa shape index (κ2) is 4.65. The van der Waals surface area contributed by atoms with Crippen LogP contribution in [0.5, 0.6) is 0 Å². The molecule has 0 amide bonds. The fourth-order valence-electron chi connectivity index (χ4n) is 1.60. The molecule has 4 nitrogen and oxygen atoms in total. The quantitative estimate of drug-likeness (QED) is 0.617. The Morgan fingerprint density at radius 3 is 2.71 bits per heavy atom. The number of nitrogens with zero attached hydrogens (tertiary/aromatic N) is 1. The van der Waals surface area contributed by atoms with E-state index < -0.39 is 0 Å². The monoisotopic (exact) mass is 227 g/mol. The second-order valence-electron chi connectivity index (χ2n) is 3.81. The fraction of sp³-hybridized carbons (Fsp3) is 0.0769. The molecular formula is C13H13N3O. The van der Waals surface area contributed by atoms with E-state index in [0.29, 0.717) is 23.5 Å². The van der Waals surface area contributed by atoms with Crippen molar-refractivity contribution in [2.45, 2.75) is 6.42 Å². The number of benzene rings is 1. The lowest BCUT2D eigenvalue weighted by Crippen LogP contribution is -2.05. The van der Waals surface area contributed by atoms with Crippen LogP contribution in [0.25, 0.3) is 0 Å². The predicted octanol–water partition coefficient (Wildman–Crippen LogP) is 1.67. The van der Waals surface area contributed by atoms with E-state index in [-0.39, 0.29) is 5.78 Å². The maximum Gasteiger partial charge on any atom is 0.167 e. The minimum atomic E-state index is 0.0166. The van der Waals surface area contributed by atoms with Gasteiger partial charge in [-0.15, -0.1) is 0 Å². The highest BCUT2D eigenvalue weighted by molar-refractivity contribution is 5.98. The first-order valence-electron chi connectivity index (χ1n) is 5.24. The highest BCUT2D eigenvalue weighted by Crippen LogP contribution is 2.11. The van der Waals surface area contributed by atoms with Crippen LogP contribution >= 0.6 is 0 Å². The van der Waals surface area contributed by atoms with Gasteiger partial charge in [-0.1, -0.05) is 12.1 Å². The summed E-state index contributed by atoms with van der Waals surface area (Å²) >= 11 is 0. The van der Waals surface area contributed by atoms with Crippen molar-refractivity contribution < 1.29 is 4.79 Å². The van der Waals surface area contributed by atoms with Crippen LogP contribution in [-0.2, 0) is 6.42 Å². The maximum atomic E-state index is 12.0. The van der Waals surface area contributed by atoms with E-state index in [4.69, 9.17) is 11.5 Å². The van der Waals surface area contributed by atoms with Gasteiger partial charge in [0.2, 0.25) is 0 Å². The summed E-state index contributed by atoms with van der Waals surface area (Å²) in [5, 5.41) is 0. The third-order valence-electron chi connectivity index (χ3n) is 2.42. The number of Topliss-reactive ketones (excluding diaryl/α,β-unsaturated/α-hetero) is 1. The molecule has 86 valence electrons. The molecule has 2 rings (SSSR count). The Morgan fingerprint density at radius 2 is 2.00 bits per heavy atom. The van der Waals surface area contributed by atoms with Crippen LogP contribution < -0.4 is 11.5 Å². The number of carbonyl (C=O) groups excluding carboxylic acids is 1. The van der Waals surface area contributed by atoms with Crippen LogP contribution in [0.4, 0.5) is 11.5 Å². The highest BCUT2D eigenvalue weighted by Gasteiger charge is 2.07. The standard InChI is InChI=1S/C13H13N3O/c14-11-3-1-2-10(8-11)12(17)6-9-4-5-16-13(15)7-9/h1-5,7-8H,6,14H2,(H2,15,16). The zero-order valence-corrected chi connectivity index (χ0v) is 9.26. The second-order valence-corrected chi connectivity index (χ2v) is 3.81. The van der Waals surface area contributed by atoms with Gasteiger partial charge in [0, 0.05) is 23.9 Å². The van der Waals surface area contributed by atoms with Crippen molar-refractivity contribution in [3.63, 3.8) is 0 Å². The lowest BCUT2D eigenvalue weighted by atomic mass is 10.0. The molecule has 0 aliphatic rings. The number of nitrogens with two attached hydrogens (primary N) is 2. The van der Waals surface area contributed by atoms with Crippen molar-refractivity contribution in [2.24, 2.45) is 0 Å². The highest BCUT2D eigenvalue weighted by atomic mass is 16.1. The minimum absolute atomic E-state index is 0.0166. The molecule has 0 aliphatic heterocycles. The third-order valence-corrected chi connectivity index (χ3v) is 2.42. The average molecular weight is 227 g/mol.